The van der Waals surface area contributed by atoms with Crippen molar-refractivity contribution in [3.05, 3.63) is 61.8 Å². The van der Waals surface area contributed by atoms with Crippen LogP contribution in [-0.4, -0.2) is 12.5 Å². The Bertz CT molecular complexity index is 1130. The lowest BCUT2D eigenvalue weighted by Crippen LogP contribution is -2.49. The summed E-state index contributed by atoms with van der Waals surface area (Å²) in [6.45, 7) is 6.05. The summed E-state index contributed by atoms with van der Waals surface area (Å²) in [5.74, 6) is 0.385. The summed E-state index contributed by atoms with van der Waals surface area (Å²) in [6, 6.07) is 13.3. The van der Waals surface area contributed by atoms with E-state index in [0.717, 1.165) is 31.1 Å². The molecule has 1 aliphatic rings. The standard InChI is InChI=1S/C21H18ClNO2S3/c1-12-8-9-13-15(10-12)23(21(2,3)19-18(13)20(26)28-27-19)17(24)11-25-16-7-5-4-6-14(16)22/h4-10H,11H2,1-3H3. The molecule has 28 heavy (non-hydrogen) atoms. The number of nitrogens with zero attached hydrogens (tertiary/aromatic N) is 1. The van der Waals surface area contributed by atoms with Crippen molar-refractivity contribution in [2.75, 3.05) is 11.5 Å². The van der Waals surface area contributed by atoms with Crippen molar-refractivity contribution in [2.24, 2.45) is 0 Å². The van der Waals surface area contributed by atoms with Crippen LogP contribution < -0.4 is 9.64 Å². The number of hydrogen-bond acceptors (Lipinski definition) is 5. The maximum absolute atomic E-state index is 13.3. The summed E-state index contributed by atoms with van der Waals surface area (Å²) in [7, 11) is 3.23. The molecule has 2 aromatic carbocycles. The predicted molar refractivity (Wildman–Crippen MR) is 121 cm³/mol. The summed E-state index contributed by atoms with van der Waals surface area (Å²) in [5.41, 5.74) is 3.54. The molecule has 0 fully saturated rings. The lowest BCUT2D eigenvalue weighted by molar-refractivity contribution is -0.121. The molecule has 7 heteroatoms. The van der Waals surface area contributed by atoms with E-state index in [1.165, 1.54) is 0 Å². The Morgan fingerprint density at radius 2 is 1.96 bits per heavy atom. The number of ether oxygens (including phenoxy) is 1. The molecular formula is C21H18ClNO2S3. The van der Waals surface area contributed by atoms with Crippen molar-refractivity contribution < 1.29 is 9.53 Å². The minimum Gasteiger partial charge on any atom is -0.482 e. The van der Waals surface area contributed by atoms with E-state index in [-0.39, 0.29) is 12.5 Å². The van der Waals surface area contributed by atoms with Crippen molar-refractivity contribution in [1.29, 1.82) is 0 Å². The zero-order valence-corrected chi connectivity index (χ0v) is 18.8. The average molecular weight is 448 g/mol. The van der Waals surface area contributed by atoms with Gasteiger partial charge in [-0.2, -0.15) is 0 Å². The number of aryl methyl sites for hydroxylation is 1. The van der Waals surface area contributed by atoms with Gasteiger partial charge in [0, 0.05) is 11.1 Å². The van der Waals surface area contributed by atoms with Gasteiger partial charge >= 0.3 is 0 Å². The second-order valence-electron chi connectivity index (χ2n) is 7.19. The number of anilines is 1. The van der Waals surface area contributed by atoms with Crippen molar-refractivity contribution in [3.8, 4) is 16.9 Å². The molecule has 0 aliphatic carbocycles. The Morgan fingerprint density at radius 3 is 2.71 bits per heavy atom. The molecule has 144 valence electrons. The highest BCUT2D eigenvalue weighted by atomic mass is 35.5. The summed E-state index contributed by atoms with van der Waals surface area (Å²) in [5, 5.41) is 0.488. The first-order valence-corrected chi connectivity index (χ1v) is 11.7. The summed E-state index contributed by atoms with van der Waals surface area (Å²) < 4.78 is 6.62. The second kappa shape index (κ2) is 7.26. The zero-order chi connectivity index (χ0) is 20.1. The van der Waals surface area contributed by atoms with Gasteiger partial charge in [0.25, 0.3) is 5.91 Å². The fourth-order valence-corrected chi connectivity index (χ4v) is 7.02. The summed E-state index contributed by atoms with van der Waals surface area (Å²) in [6.07, 6.45) is 0. The third-order valence-electron chi connectivity index (χ3n) is 4.85. The van der Waals surface area contributed by atoms with Gasteiger partial charge < -0.3 is 4.74 Å². The molecule has 0 saturated carbocycles. The van der Waals surface area contributed by atoms with Crippen LogP contribution in [0.1, 0.15) is 24.3 Å². The van der Waals surface area contributed by atoms with E-state index < -0.39 is 5.54 Å². The Hall–Kier alpha value is -1.73. The van der Waals surface area contributed by atoms with Gasteiger partial charge in [-0.1, -0.05) is 68.8 Å². The van der Waals surface area contributed by atoms with Crippen LogP contribution in [0.15, 0.2) is 42.5 Å². The highest BCUT2D eigenvalue weighted by Crippen LogP contribution is 2.52. The Balaban J connectivity index is 1.76. The minimum atomic E-state index is -0.519. The van der Waals surface area contributed by atoms with E-state index in [9.17, 15) is 4.79 Å². The quantitative estimate of drug-likeness (QED) is 0.325. The normalized spacial score (nSPS) is 14.4. The van der Waals surface area contributed by atoms with Crippen LogP contribution in [0.4, 0.5) is 5.69 Å². The molecule has 0 bridgehead atoms. The molecule has 0 unspecified atom stereocenters. The van der Waals surface area contributed by atoms with E-state index in [2.05, 4.69) is 26.0 Å². The van der Waals surface area contributed by atoms with E-state index in [0.29, 0.717) is 10.8 Å². The second-order valence-corrected chi connectivity index (χ2v) is 10.4. The monoisotopic (exact) mass is 447 g/mol. The van der Waals surface area contributed by atoms with Crippen molar-refractivity contribution in [1.82, 2.24) is 0 Å². The van der Waals surface area contributed by atoms with Crippen LogP contribution in [0.3, 0.4) is 0 Å². The fraction of sp³-hybridized carbons (Fsp3) is 0.238. The maximum atomic E-state index is 13.3. The highest BCUT2D eigenvalue weighted by Gasteiger charge is 2.43. The van der Waals surface area contributed by atoms with E-state index >= 15 is 0 Å². The first-order chi connectivity index (χ1) is 13.3. The molecule has 3 aromatic rings. The first kappa shape index (κ1) is 19.6. The van der Waals surface area contributed by atoms with E-state index in [1.54, 1.807) is 32.8 Å². The Labute approximate surface area is 181 Å². The number of halogens is 1. The summed E-state index contributed by atoms with van der Waals surface area (Å²) in [4.78, 5) is 16.3. The number of rotatable bonds is 3. The molecule has 2 heterocycles. The smallest absolute Gasteiger partial charge is 0.265 e. The van der Waals surface area contributed by atoms with Crippen LogP contribution in [0.2, 0.25) is 5.02 Å². The van der Waals surface area contributed by atoms with Crippen molar-refractivity contribution >= 4 is 56.1 Å². The summed E-state index contributed by atoms with van der Waals surface area (Å²) >= 11 is 11.8. The number of carbonyl (C=O) groups is 1. The molecule has 0 saturated heterocycles. The molecule has 0 radical (unpaired) electrons. The van der Waals surface area contributed by atoms with Crippen LogP contribution in [-0.2, 0) is 10.3 Å². The third-order valence-corrected chi connectivity index (χ3v) is 8.49. The minimum absolute atomic E-state index is 0.0919. The topological polar surface area (TPSA) is 29.5 Å². The molecule has 4 rings (SSSR count). The van der Waals surface area contributed by atoms with Gasteiger partial charge in [-0.05, 0) is 44.5 Å². The fourth-order valence-electron chi connectivity index (χ4n) is 3.55. The van der Waals surface area contributed by atoms with Gasteiger partial charge in [-0.25, -0.2) is 0 Å². The van der Waals surface area contributed by atoms with Crippen LogP contribution in [0.5, 0.6) is 5.75 Å². The van der Waals surface area contributed by atoms with E-state index in [1.807, 2.05) is 30.0 Å². The maximum Gasteiger partial charge on any atom is 0.265 e. The average Bonchev–Trinajstić information content (AvgIpc) is 3.03. The largest absolute Gasteiger partial charge is 0.482 e. The van der Waals surface area contributed by atoms with Crippen LogP contribution >= 0.6 is 44.5 Å². The molecule has 0 spiro atoms. The van der Waals surface area contributed by atoms with Gasteiger partial charge in [0.1, 0.15) is 9.57 Å². The highest BCUT2D eigenvalue weighted by molar-refractivity contribution is 7.80. The number of benzene rings is 2. The zero-order valence-electron chi connectivity index (χ0n) is 15.6. The van der Waals surface area contributed by atoms with Crippen LogP contribution in [0.25, 0.3) is 11.1 Å². The molecule has 1 amide bonds. The SMILES string of the molecule is Cc1ccc2c(c1)N(C(=O)COc1ccccc1Cl)C(C)(C)c1ssc(=S)c1-2. The molecule has 3 nitrogen and oxygen atoms in total. The number of fused-ring (bicyclic) bond motifs is 3. The van der Waals surface area contributed by atoms with Crippen LogP contribution in [0, 0.1) is 10.7 Å². The molecule has 0 N–H and O–H groups in total. The molecular weight excluding hydrogens is 430 g/mol. The van der Waals surface area contributed by atoms with Gasteiger partial charge in [0.05, 0.1) is 21.1 Å². The van der Waals surface area contributed by atoms with E-state index in [4.69, 9.17) is 28.6 Å². The van der Waals surface area contributed by atoms with Crippen molar-refractivity contribution in [3.63, 3.8) is 0 Å². The number of para-hydroxylation sites is 1. The van der Waals surface area contributed by atoms with Crippen molar-refractivity contribution in [2.45, 2.75) is 26.3 Å². The van der Waals surface area contributed by atoms with Gasteiger partial charge in [0.15, 0.2) is 6.61 Å². The van der Waals surface area contributed by atoms with Gasteiger partial charge in [-0.15, -0.1) is 0 Å². The first-order valence-electron chi connectivity index (χ1n) is 8.75. The van der Waals surface area contributed by atoms with Gasteiger partial charge in [0.2, 0.25) is 0 Å². The predicted octanol–water partition coefficient (Wildman–Crippen LogP) is 6.83. The lowest BCUT2D eigenvalue weighted by atomic mass is 9.87. The molecule has 1 aromatic heterocycles. The Kier molecular flexibility index (Phi) is 5.08. The Morgan fingerprint density at radius 1 is 1.21 bits per heavy atom. The molecule has 0 atom stereocenters. The molecule has 1 aliphatic heterocycles. The number of hydrogen-bond donors (Lipinski definition) is 0. The third kappa shape index (κ3) is 3.18. The number of carbonyl (C=O) groups excluding carboxylic acids is 1. The number of amides is 1. The lowest BCUT2D eigenvalue weighted by Gasteiger charge is -2.43. The van der Waals surface area contributed by atoms with Gasteiger partial charge in [-0.3, -0.25) is 9.69 Å².